The molecule has 8 nitrogen and oxygen atoms in total. The largest absolute Gasteiger partial charge is 0.468 e. The molecule has 1 fully saturated rings. The molecule has 0 unspecified atom stereocenters. The van der Waals surface area contributed by atoms with Crippen LogP contribution in [-0.4, -0.2) is 67.7 Å². The van der Waals surface area contributed by atoms with E-state index in [2.05, 4.69) is 6.07 Å². The number of hydrogen-bond acceptors (Lipinski definition) is 6. The highest BCUT2D eigenvalue weighted by Crippen LogP contribution is 2.18. The zero-order chi connectivity index (χ0) is 21.6. The molecule has 0 N–H and O–H groups in total. The Morgan fingerprint density at radius 3 is 2.60 bits per heavy atom. The van der Waals surface area contributed by atoms with Crippen molar-refractivity contribution in [3.8, 4) is 6.07 Å². The third kappa shape index (κ3) is 5.44. The van der Waals surface area contributed by atoms with Crippen molar-refractivity contribution in [2.24, 2.45) is 0 Å². The van der Waals surface area contributed by atoms with Crippen molar-refractivity contribution in [1.82, 2.24) is 14.1 Å². The van der Waals surface area contributed by atoms with Crippen molar-refractivity contribution < 1.29 is 22.0 Å². The molecule has 0 aliphatic carbocycles. The molecule has 0 saturated carbocycles. The van der Waals surface area contributed by atoms with E-state index in [1.54, 1.807) is 23.3 Å². The van der Waals surface area contributed by atoms with Crippen LogP contribution < -0.4 is 0 Å². The first-order chi connectivity index (χ1) is 14.4. The third-order valence-electron chi connectivity index (χ3n) is 4.88. The number of hydrogen-bond donors (Lipinski definition) is 0. The number of sulfonamides is 1. The number of carbonyl (C=O) groups excluding carboxylic acids is 1. The van der Waals surface area contributed by atoms with Gasteiger partial charge in [-0.25, -0.2) is 12.8 Å². The predicted molar refractivity (Wildman–Crippen MR) is 106 cm³/mol. The minimum absolute atomic E-state index is 0.0941. The number of halogens is 1. The fourth-order valence-corrected chi connectivity index (χ4v) is 4.74. The first-order valence-electron chi connectivity index (χ1n) is 9.55. The lowest BCUT2D eigenvalue weighted by atomic mass is 10.3. The van der Waals surface area contributed by atoms with Crippen molar-refractivity contribution >= 4 is 15.9 Å². The quantitative estimate of drug-likeness (QED) is 0.627. The molecule has 1 amide bonds. The molecule has 1 aliphatic rings. The fraction of sp³-hybridized carbons (Fsp3) is 0.400. The van der Waals surface area contributed by atoms with E-state index in [1.807, 2.05) is 4.90 Å². The van der Waals surface area contributed by atoms with Crippen LogP contribution in [0.3, 0.4) is 0 Å². The lowest BCUT2D eigenvalue weighted by molar-refractivity contribution is -0.133. The summed E-state index contributed by atoms with van der Waals surface area (Å²) in [7, 11) is -3.81. The topological polar surface area (TPSA) is 97.9 Å². The van der Waals surface area contributed by atoms with Crippen LogP contribution in [0.2, 0.25) is 0 Å². The Balaban J connectivity index is 1.58. The van der Waals surface area contributed by atoms with E-state index in [0.717, 1.165) is 6.07 Å². The van der Waals surface area contributed by atoms with Crippen LogP contribution in [0.1, 0.15) is 12.2 Å². The number of piperazine rings is 1. The van der Waals surface area contributed by atoms with Crippen LogP contribution in [0.25, 0.3) is 0 Å². The normalized spacial score (nSPS) is 15.3. The summed E-state index contributed by atoms with van der Waals surface area (Å²) in [5.74, 6) is -0.0482. The monoisotopic (exact) mass is 434 g/mol. The van der Waals surface area contributed by atoms with Crippen molar-refractivity contribution in [3.63, 3.8) is 0 Å². The molecule has 2 aromatic rings. The smallest absolute Gasteiger partial charge is 0.243 e. The summed E-state index contributed by atoms with van der Waals surface area (Å²) in [5, 5.41) is 8.86. The molecule has 160 valence electrons. The van der Waals surface area contributed by atoms with Crippen LogP contribution in [0, 0.1) is 17.1 Å². The minimum Gasteiger partial charge on any atom is -0.468 e. The van der Waals surface area contributed by atoms with E-state index in [4.69, 9.17) is 9.68 Å². The number of amides is 1. The summed E-state index contributed by atoms with van der Waals surface area (Å²) in [5.41, 5.74) is 0. The second-order valence-electron chi connectivity index (χ2n) is 6.94. The molecule has 1 aromatic carbocycles. The maximum absolute atomic E-state index is 13.4. The van der Waals surface area contributed by atoms with Crippen LogP contribution >= 0.6 is 0 Å². The molecule has 3 rings (SSSR count). The first-order valence-corrected chi connectivity index (χ1v) is 11.0. The molecular formula is C20H23FN4O4S. The minimum atomic E-state index is -3.81. The summed E-state index contributed by atoms with van der Waals surface area (Å²) in [6, 6.07) is 10.5. The van der Waals surface area contributed by atoms with Gasteiger partial charge in [0, 0.05) is 39.1 Å². The van der Waals surface area contributed by atoms with E-state index in [1.165, 1.54) is 22.5 Å². The zero-order valence-corrected chi connectivity index (χ0v) is 17.2. The second kappa shape index (κ2) is 9.84. The van der Waals surface area contributed by atoms with Gasteiger partial charge in [-0.15, -0.1) is 0 Å². The van der Waals surface area contributed by atoms with Crippen molar-refractivity contribution in [2.75, 3.05) is 39.3 Å². The lowest BCUT2D eigenvalue weighted by Crippen LogP contribution is -2.52. The second-order valence-corrected chi connectivity index (χ2v) is 8.88. The van der Waals surface area contributed by atoms with Gasteiger partial charge in [-0.1, -0.05) is 6.07 Å². The van der Waals surface area contributed by atoms with E-state index >= 15 is 0 Å². The lowest BCUT2D eigenvalue weighted by Gasteiger charge is -2.35. The standard InChI is InChI=1S/C20H23FN4O4S/c21-17-4-1-6-19(14-17)30(27,28)25-11-9-24(10-12-25)20(26)16-23(8-3-7-22)15-18-5-2-13-29-18/h1-2,4-6,13-14H,3,8-12,15-16H2. The number of nitrogens with zero attached hydrogens (tertiary/aromatic N) is 4. The Labute approximate surface area is 175 Å². The molecule has 2 heterocycles. The Bertz CT molecular complexity index is 996. The molecule has 0 spiro atoms. The maximum Gasteiger partial charge on any atom is 0.243 e. The van der Waals surface area contributed by atoms with Gasteiger partial charge in [-0.2, -0.15) is 9.57 Å². The van der Waals surface area contributed by atoms with E-state index < -0.39 is 15.8 Å². The zero-order valence-electron chi connectivity index (χ0n) is 16.4. The van der Waals surface area contributed by atoms with Gasteiger partial charge < -0.3 is 9.32 Å². The summed E-state index contributed by atoms with van der Waals surface area (Å²) < 4.78 is 45.4. The van der Waals surface area contributed by atoms with Gasteiger partial charge in [0.2, 0.25) is 15.9 Å². The molecule has 1 saturated heterocycles. The van der Waals surface area contributed by atoms with Crippen molar-refractivity contribution in [2.45, 2.75) is 17.9 Å². The Morgan fingerprint density at radius 2 is 1.97 bits per heavy atom. The van der Waals surface area contributed by atoms with E-state index in [9.17, 15) is 17.6 Å². The van der Waals surface area contributed by atoms with Gasteiger partial charge in [-0.05, 0) is 30.3 Å². The highest BCUT2D eigenvalue weighted by Gasteiger charge is 2.30. The molecule has 30 heavy (non-hydrogen) atoms. The van der Waals surface area contributed by atoms with Crippen LogP contribution in [0.15, 0.2) is 52.0 Å². The van der Waals surface area contributed by atoms with Crippen molar-refractivity contribution in [1.29, 1.82) is 5.26 Å². The average Bonchev–Trinajstić information content (AvgIpc) is 3.25. The van der Waals surface area contributed by atoms with Gasteiger partial charge >= 0.3 is 0 Å². The Morgan fingerprint density at radius 1 is 1.20 bits per heavy atom. The van der Waals surface area contributed by atoms with E-state index in [-0.39, 0.29) is 49.9 Å². The van der Waals surface area contributed by atoms with Gasteiger partial charge in [0.05, 0.1) is 30.3 Å². The number of carbonyl (C=O) groups is 1. The molecule has 1 aromatic heterocycles. The Kier molecular flexibility index (Phi) is 7.20. The van der Waals surface area contributed by atoms with Crippen LogP contribution in [0.4, 0.5) is 4.39 Å². The molecule has 0 atom stereocenters. The van der Waals surface area contributed by atoms with Crippen LogP contribution in [-0.2, 0) is 21.4 Å². The maximum atomic E-state index is 13.4. The average molecular weight is 434 g/mol. The number of benzene rings is 1. The highest BCUT2D eigenvalue weighted by atomic mass is 32.2. The number of furan rings is 1. The third-order valence-corrected chi connectivity index (χ3v) is 6.78. The van der Waals surface area contributed by atoms with Gasteiger partial charge in [0.25, 0.3) is 0 Å². The van der Waals surface area contributed by atoms with Gasteiger partial charge in [-0.3, -0.25) is 9.69 Å². The molecular weight excluding hydrogens is 411 g/mol. The highest BCUT2D eigenvalue weighted by molar-refractivity contribution is 7.89. The van der Waals surface area contributed by atoms with Gasteiger partial charge in [0.1, 0.15) is 11.6 Å². The van der Waals surface area contributed by atoms with Gasteiger partial charge in [0.15, 0.2) is 0 Å². The Hall–Kier alpha value is -2.74. The van der Waals surface area contributed by atoms with Crippen molar-refractivity contribution in [3.05, 3.63) is 54.2 Å². The number of nitriles is 1. The molecule has 0 bridgehead atoms. The summed E-state index contributed by atoms with van der Waals surface area (Å²) in [4.78, 5) is 16.1. The SMILES string of the molecule is N#CCCN(CC(=O)N1CCN(S(=O)(=O)c2cccc(F)c2)CC1)Cc1ccco1. The van der Waals surface area contributed by atoms with Crippen LogP contribution in [0.5, 0.6) is 0 Å². The summed E-state index contributed by atoms with van der Waals surface area (Å²) in [6.45, 7) is 1.73. The summed E-state index contributed by atoms with van der Waals surface area (Å²) in [6.07, 6.45) is 1.84. The van der Waals surface area contributed by atoms with E-state index in [0.29, 0.717) is 18.8 Å². The number of rotatable bonds is 8. The molecule has 10 heteroatoms. The predicted octanol–water partition coefficient (Wildman–Crippen LogP) is 1.67. The molecule has 1 aliphatic heterocycles. The first kappa shape index (κ1) is 22.0. The fourth-order valence-electron chi connectivity index (χ4n) is 3.29. The molecule has 0 radical (unpaired) electrons. The summed E-state index contributed by atoms with van der Waals surface area (Å²) >= 11 is 0.